The minimum atomic E-state index is -0.176. The van der Waals surface area contributed by atoms with Crippen LogP contribution in [0.3, 0.4) is 0 Å². The van der Waals surface area contributed by atoms with Gasteiger partial charge in [-0.25, -0.2) is 4.68 Å². The van der Waals surface area contributed by atoms with Crippen molar-refractivity contribution in [3.8, 4) is 11.3 Å². The molecule has 1 fully saturated rings. The zero-order valence-corrected chi connectivity index (χ0v) is 16.3. The van der Waals surface area contributed by atoms with Gasteiger partial charge in [0.1, 0.15) is 0 Å². The van der Waals surface area contributed by atoms with Gasteiger partial charge < -0.3 is 5.32 Å². The minimum absolute atomic E-state index is 0.00665. The molecule has 2 aromatic rings. The van der Waals surface area contributed by atoms with E-state index in [0.717, 1.165) is 24.1 Å². The molecular formula is C22H29N3O2. The van der Waals surface area contributed by atoms with Crippen molar-refractivity contribution in [1.82, 2.24) is 15.1 Å². The molecule has 5 nitrogen and oxygen atoms in total. The number of benzene rings is 1. The van der Waals surface area contributed by atoms with E-state index in [2.05, 4.69) is 36.4 Å². The first-order valence-electron chi connectivity index (χ1n) is 9.98. The maximum absolute atomic E-state index is 12.3. The largest absolute Gasteiger partial charge is 0.353 e. The van der Waals surface area contributed by atoms with E-state index in [1.165, 1.54) is 47.6 Å². The van der Waals surface area contributed by atoms with Crippen molar-refractivity contribution in [1.29, 1.82) is 0 Å². The Morgan fingerprint density at radius 3 is 2.52 bits per heavy atom. The van der Waals surface area contributed by atoms with Crippen LogP contribution in [0.1, 0.15) is 56.1 Å². The van der Waals surface area contributed by atoms with E-state index in [-0.39, 0.29) is 23.9 Å². The Balaban J connectivity index is 1.65. The molecule has 1 heterocycles. The highest BCUT2D eigenvalue weighted by Gasteiger charge is 2.15. The topological polar surface area (TPSA) is 64.0 Å². The Labute approximate surface area is 160 Å². The van der Waals surface area contributed by atoms with Crippen LogP contribution < -0.4 is 10.9 Å². The van der Waals surface area contributed by atoms with E-state index in [1.54, 1.807) is 6.07 Å². The van der Waals surface area contributed by atoms with Gasteiger partial charge in [-0.05, 0) is 49.9 Å². The van der Waals surface area contributed by atoms with Crippen molar-refractivity contribution < 1.29 is 4.79 Å². The summed E-state index contributed by atoms with van der Waals surface area (Å²) in [7, 11) is 0. The molecule has 0 aliphatic heterocycles. The van der Waals surface area contributed by atoms with Crippen molar-refractivity contribution in [2.45, 2.75) is 71.4 Å². The molecule has 0 atom stereocenters. The maximum Gasteiger partial charge on any atom is 0.266 e. The molecule has 1 amide bonds. The maximum atomic E-state index is 12.3. The van der Waals surface area contributed by atoms with E-state index >= 15 is 0 Å². The number of aryl methyl sites for hydroxylation is 3. The first kappa shape index (κ1) is 19.3. The number of hydrogen-bond donors (Lipinski definition) is 1. The minimum Gasteiger partial charge on any atom is -0.353 e. The Bertz CT molecular complexity index is 849. The van der Waals surface area contributed by atoms with E-state index in [0.29, 0.717) is 6.54 Å². The molecule has 27 heavy (non-hydrogen) atoms. The number of nitrogens with one attached hydrogen (secondary N) is 1. The zero-order chi connectivity index (χ0) is 19.2. The normalized spacial score (nSPS) is 15.3. The summed E-state index contributed by atoms with van der Waals surface area (Å²) in [5, 5.41) is 7.60. The Hall–Kier alpha value is -2.43. The Morgan fingerprint density at radius 2 is 1.81 bits per heavy atom. The average molecular weight is 367 g/mol. The summed E-state index contributed by atoms with van der Waals surface area (Å²) >= 11 is 0. The number of amides is 1. The molecule has 1 aromatic heterocycles. The summed E-state index contributed by atoms with van der Waals surface area (Å²) in [6.07, 6.45) is 7.29. The second-order valence-corrected chi connectivity index (χ2v) is 7.58. The van der Waals surface area contributed by atoms with Gasteiger partial charge in [-0.3, -0.25) is 9.59 Å². The third-order valence-electron chi connectivity index (χ3n) is 5.44. The smallest absolute Gasteiger partial charge is 0.266 e. The third kappa shape index (κ3) is 5.28. The lowest BCUT2D eigenvalue weighted by Gasteiger charge is -2.16. The third-order valence-corrected chi connectivity index (χ3v) is 5.44. The Kier molecular flexibility index (Phi) is 6.43. The summed E-state index contributed by atoms with van der Waals surface area (Å²) < 4.78 is 1.40. The number of carbonyl (C=O) groups excluding carboxylic acids is 1. The highest BCUT2D eigenvalue weighted by Crippen LogP contribution is 2.19. The van der Waals surface area contributed by atoms with E-state index < -0.39 is 0 Å². The first-order chi connectivity index (χ1) is 13.0. The van der Waals surface area contributed by atoms with E-state index in [1.807, 2.05) is 6.07 Å². The molecule has 1 aromatic carbocycles. The van der Waals surface area contributed by atoms with Crippen LogP contribution in [-0.4, -0.2) is 21.7 Å². The number of carbonyl (C=O) groups is 1. The molecule has 0 radical (unpaired) electrons. The lowest BCUT2D eigenvalue weighted by Crippen LogP contribution is -2.35. The fourth-order valence-corrected chi connectivity index (χ4v) is 3.59. The standard InChI is InChI=1S/C22H29N3O2/c1-16-9-10-18(15-17(16)2)20-11-12-22(27)25(24-20)14-13-21(26)23-19-7-5-3-4-6-8-19/h9-12,15,19H,3-8,13-14H2,1-2H3,(H,23,26). The molecule has 0 unspecified atom stereocenters. The predicted octanol–water partition coefficient (Wildman–Crippen LogP) is 3.76. The van der Waals surface area contributed by atoms with Gasteiger partial charge in [0.15, 0.2) is 0 Å². The van der Waals surface area contributed by atoms with Crippen LogP contribution in [0.5, 0.6) is 0 Å². The molecule has 1 aliphatic carbocycles. The number of hydrogen-bond acceptors (Lipinski definition) is 3. The monoisotopic (exact) mass is 367 g/mol. The van der Waals surface area contributed by atoms with Gasteiger partial charge in [-0.15, -0.1) is 0 Å². The van der Waals surface area contributed by atoms with Crippen LogP contribution >= 0.6 is 0 Å². The molecule has 1 saturated carbocycles. The average Bonchev–Trinajstić information content (AvgIpc) is 2.92. The molecule has 144 valence electrons. The second kappa shape index (κ2) is 8.98. The molecule has 1 N–H and O–H groups in total. The van der Waals surface area contributed by atoms with Gasteiger partial charge in [0.05, 0.1) is 12.2 Å². The summed E-state index contributed by atoms with van der Waals surface area (Å²) in [5.41, 5.74) is 3.97. The quantitative estimate of drug-likeness (QED) is 0.819. The highest BCUT2D eigenvalue weighted by molar-refractivity contribution is 5.76. The van der Waals surface area contributed by atoms with Gasteiger partial charge in [0.25, 0.3) is 5.56 Å². The van der Waals surface area contributed by atoms with Crippen LogP contribution in [0.25, 0.3) is 11.3 Å². The highest BCUT2D eigenvalue weighted by atomic mass is 16.2. The fourth-order valence-electron chi connectivity index (χ4n) is 3.59. The van der Waals surface area contributed by atoms with Crippen molar-refractivity contribution in [2.75, 3.05) is 0 Å². The predicted molar refractivity (Wildman–Crippen MR) is 108 cm³/mol. The van der Waals surface area contributed by atoms with Crippen molar-refractivity contribution >= 4 is 5.91 Å². The Morgan fingerprint density at radius 1 is 1.07 bits per heavy atom. The van der Waals surface area contributed by atoms with Gasteiger partial charge in [-0.2, -0.15) is 5.10 Å². The number of aromatic nitrogens is 2. The molecule has 0 bridgehead atoms. The van der Waals surface area contributed by atoms with Gasteiger partial charge in [-0.1, -0.05) is 37.8 Å². The molecule has 5 heteroatoms. The SMILES string of the molecule is Cc1ccc(-c2ccc(=O)n(CCC(=O)NC3CCCCCC3)n2)cc1C. The van der Waals surface area contributed by atoms with Crippen molar-refractivity contribution in [3.05, 3.63) is 51.8 Å². The molecule has 0 spiro atoms. The molecule has 1 aliphatic rings. The van der Waals surface area contributed by atoms with Crippen LogP contribution in [0.15, 0.2) is 35.1 Å². The molecule has 3 rings (SSSR count). The van der Waals surface area contributed by atoms with Crippen LogP contribution in [0.4, 0.5) is 0 Å². The fraction of sp³-hybridized carbons (Fsp3) is 0.500. The van der Waals surface area contributed by atoms with Gasteiger partial charge >= 0.3 is 0 Å². The van der Waals surface area contributed by atoms with Crippen molar-refractivity contribution in [3.63, 3.8) is 0 Å². The van der Waals surface area contributed by atoms with E-state index in [9.17, 15) is 9.59 Å². The second-order valence-electron chi connectivity index (χ2n) is 7.58. The van der Waals surface area contributed by atoms with Gasteiger partial charge in [0.2, 0.25) is 5.91 Å². The number of nitrogens with zero attached hydrogens (tertiary/aromatic N) is 2. The van der Waals surface area contributed by atoms with Crippen LogP contribution in [0, 0.1) is 13.8 Å². The van der Waals surface area contributed by atoms with Gasteiger partial charge in [0, 0.05) is 24.1 Å². The summed E-state index contributed by atoms with van der Waals surface area (Å²) in [6.45, 7) is 4.43. The van der Waals surface area contributed by atoms with Crippen LogP contribution in [0.2, 0.25) is 0 Å². The molecule has 0 saturated heterocycles. The van der Waals surface area contributed by atoms with Crippen LogP contribution in [-0.2, 0) is 11.3 Å². The first-order valence-corrected chi connectivity index (χ1v) is 9.98. The summed E-state index contributed by atoms with van der Waals surface area (Å²) in [5.74, 6) is 0.00665. The summed E-state index contributed by atoms with van der Waals surface area (Å²) in [6, 6.07) is 9.70. The lowest BCUT2D eigenvalue weighted by molar-refractivity contribution is -0.122. The zero-order valence-electron chi connectivity index (χ0n) is 16.3. The summed E-state index contributed by atoms with van der Waals surface area (Å²) in [4.78, 5) is 24.4. The van der Waals surface area contributed by atoms with E-state index in [4.69, 9.17) is 0 Å². The lowest BCUT2D eigenvalue weighted by atomic mass is 10.0. The molecular weight excluding hydrogens is 338 g/mol. The van der Waals surface area contributed by atoms with Crippen molar-refractivity contribution in [2.24, 2.45) is 0 Å². The number of rotatable bonds is 5.